The Hall–Kier alpha value is -3.44. The van der Waals surface area contributed by atoms with Crippen molar-refractivity contribution in [2.45, 2.75) is 64.5 Å². The first-order valence-corrected chi connectivity index (χ1v) is 12.6. The quantitative estimate of drug-likeness (QED) is 0.388. The zero-order valence-electron chi connectivity index (χ0n) is 23.1. The van der Waals surface area contributed by atoms with Gasteiger partial charge in [0.2, 0.25) is 0 Å². The van der Waals surface area contributed by atoms with E-state index >= 15 is 0 Å². The summed E-state index contributed by atoms with van der Waals surface area (Å²) in [7, 11) is 2.54. The highest BCUT2D eigenvalue weighted by Gasteiger charge is 2.49. The number of hydrogen-bond acceptors (Lipinski definition) is 2. The van der Waals surface area contributed by atoms with Crippen LogP contribution in [0.25, 0.3) is 0 Å². The van der Waals surface area contributed by atoms with E-state index in [-0.39, 0.29) is 19.0 Å². The number of carbonyl (C=O) groups is 2. The SMILES string of the molecule is Cc1ccc([C@H]2C(C(C)(C)C)N(C(=O)O)CC[C@H]2N(C)C(=O)N(C)c2cc(C(F)(F)F)cc(C(F)(F)F)c2)cc1. The Bertz CT molecular complexity index is 1210. The summed E-state index contributed by atoms with van der Waals surface area (Å²) >= 11 is 0. The fourth-order valence-corrected chi connectivity index (χ4v) is 5.46. The topological polar surface area (TPSA) is 64.1 Å². The predicted octanol–water partition coefficient (Wildman–Crippen LogP) is 7.47. The monoisotopic (exact) mass is 573 g/mol. The Balaban J connectivity index is 2.08. The zero-order chi connectivity index (χ0) is 30.4. The number of urea groups is 1. The average Bonchev–Trinajstić information content (AvgIpc) is 2.85. The minimum Gasteiger partial charge on any atom is -0.465 e. The molecule has 1 unspecified atom stereocenters. The number of halogens is 6. The number of rotatable bonds is 3. The minimum absolute atomic E-state index is 0.00844. The molecule has 0 spiro atoms. The smallest absolute Gasteiger partial charge is 0.416 e. The number of nitrogens with zero attached hydrogens (tertiary/aromatic N) is 3. The van der Waals surface area contributed by atoms with Crippen molar-refractivity contribution in [3.05, 3.63) is 64.7 Å². The molecular formula is C28H33F6N3O3. The first-order valence-electron chi connectivity index (χ1n) is 12.6. The van der Waals surface area contributed by atoms with Crippen molar-refractivity contribution in [3.8, 4) is 0 Å². The van der Waals surface area contributed by atoms with Gasteiger partial charge >= 0.3 is 24.5 Å². The minimum atomic E-state index is -5.06. The van der Waals surface area contributed by atoms with Crippen molar-refractivity contribution < 1.29 is 41.0 Å². The molecule has 40 heavy (non-hydrogen) atoms. The first kappa shape index (κ1) is 31.1. The second-order valence-electron chi connectivity index (χ2n) is 11.3. The van der Waals surface area contributed by atoms with Crippen LogP contribution < -0.4 is 4.90 Å². The fourth-order valence-electron chi connectivity index (χ4n) is 5.46. The van der Waals surface area contributed by atoms with Crippen LogP contribution in [0.4, 0.5) is 41.6 Å². The van der Waals surface area contributed by atoms with E-state index in [0.29, 0.717) is 12.1 Å². The summed E-state index contributed by atoms with van der Waals surface area (Å²) < 4.78 is 80.6. The molecule has 3 rings (SSSR count). The van der Waals surface area contributed by atoms with Crippen LogP contribution in [0, 0.1) is 12.3 Å². The molecule has 0 aliphatic carbocycles. The average molecular weight is 574 g/mol. The Labute approximate surface area is 229 Å². The highest BCUT2D eigenvalue weighted by atomic mass is 19.4. The highest BCUT2D eigenvalue weighted by Crippen LogP contribution is 2.44. The van der Waals surface area contributed by atoms with E-state index in [0.717, 1.165) is 23.1 Å². The molecule has 1 fully saturated rings. The summed E-state index contributed by atoms with van der Waals surface area (Å²) in [6.07, 6.45) is -11.0. The molecule has 0 aromatic heterocycles. The van der Waals surface area contributed by atoms with Gasteiger partial charge in [-0.05, 0) is 42.5 Å². The van der Waals surface area contributed by atoms with Crippen molar-refractivity contribution in [1.29, 1.82) is 0 Å². The van der Waals surface area contributed by atoms with Crippen molar-refractivity contribution in [2.75, 3.05) is 25.5 Å². The third kappa shape index (κ3) is 6.47. The van der Waals surface area contributed by atoms with Crippen LogP contribution in [0.3, 0.4) is 0 Å². The van der Waals surface area contributed by atoms with Gasteiger partial charge in [0.25, 0.3) is 0 Å². The summed E-state index contributed by atoms with van der Waals surface area (Å²) in [4.78, 5) is 29.2. The summed E-state index contributed by atoms with van der Waals surface area (Å²) in [5, 5.41) is 9.99. The number of aryl methyl sites for hydroxylation is 1. The Morgan fingerprint density at radius 1 is 0.900 bits per heavy atom. The summed E-state index contributed by atoms with van der Waals surface area (Å²) in [5.74, 6) is -0.528. The van der Waals surface area contributed by atoms with Gasteiger partial charge in [0.05, 0.1) is 11.1 Å². The first-order chi connectivity index (χ1) is 18.2. The van der Waals surface area contributed by atoms with Crippen LogP contribution in [0.5, 0.6) is 0 Å². The summed E-state index contributed by atoms with van der Waals surface area (Å²) in [5.41, 5.74) is -2.47. The van der Waals surface area contributed by atoms with Crippen molar-refractivity contribution in [3.63, 3.8) is 0 Å². The number of carbonyl (C=O) groups excluding carboxylic acids is 1. The maximum atomic E-state index is 13.6. The normalized spacial score (nSPS) is 20.3. The van der Waals surface area contributed by atoms with Gasteiger partial charge in [0, 0.05) is 44.3 Å². The van der Waals surface area contributed by atoms with E-state index in [1.165, 1.54) is 16.8 Å². The van der Waals surface area contributed by atoms with E-state index in [1.807, 2.05) is 52.0 Å². The molecule has 1 aliphatic heterocycles. The fraction of sp³-hybridized carbons (Fsp3) is 0.500. The number of likely N-dealkylation sites (N-methyl/N-ethyl adjacent to an activating group) is 1. The van der Waals surface area contributed by atoms with Gasteiger partial charge in [-0.3, -0.25) is 4.90 Å². The second kappa shape index (κ2) is 10.9. The van der Waals surface area contributed by atoms with Crippen molar-refractivity contribution in [2.24, 2.45) is 5.41 Å². The van der Waals surface area contributed by atoms with E-state index < -0.39 is 64.7 Å². The Kier molecular flexibility index (Phi) is 8.44. The third-order valence-corrected chi connectivity index (χ3v) is 7.40. The number of alkyl halides is 6. The van der Waals surface area contributed by atoms with Crippen molar-refractivity contribution in [1.82, 2.24) is 9.80 Å². The van der Waals surface area contributed by atoms with Crippen LogP contribution in [0.2, 0.25) is 0 Å². The molecule has 12 heteroatoms. The number of benzene rings is 2. The lowest BCUT2D eigenvalue weighted by atomic mass is 9.69. The zero-order valence-corrected chi connectivity index (χ0v) is 23.1. The molecule has 6 nitrogen and oxygen atoms in total. The molecule has 1 saturated heterocycles. The molecule has 0 saturated carbocycles. The Morgan fingerprint density at radius 3 is 1.82 bits per heavy atom. The Morgan fingerprint density at radius 2 is 1.40 bits per heavy atom. The van der Waals surface area contributed by atoms with Gasteiger partial charge in [-0.25, -0.2) is 9.59 Å². The molecule has 3 atom stereocenters. The number of piperidine rings is 1. The number of hydrogen-bond donors (Lipinski definition) is 1. The van der Waals surface area contributed by atoms with Gasteiger partial charge in [0.1, 0.15) is 0 Å². The molecule has 1 N–H and O–H groups in total. The molecule has 0 bridgehead atoms. The number of amides is 3. The molecule has 3 amide bonds. The van der Waals surface area contributed by atoms with Gasteiger partial charge in [-0.15, -0.1) is 0 Å². The molecule has 220 valence electrons. The summed E-state index contributed by atoms with van der Waals surface area (Å²) in [6, 6.07) is 6.42. The van der Waals surface area contributed by atoms with Gasteiger partial charge in [0.15, 0.2) is 0 Å². The van der Waals surface area contributed by atoms with Crippen LogP contribution in [0.1, 0.15) is 55.4 Å². The van der Waals surface area contributed by atoms with Crippen LogP contribution in [-0.2, 0) is 12.4 Å². The number of carboxylic acid groups (broad SMARTS) is 1. The van der Waals surface area contributed by atoms with Crippen molar-refractivity contribution >= 4 is 17.8 Å². The van der Waals surface area contributed by atoms with E-state index in [1.54, 1.807) is 0 Å². The van der Waals surface area contributed by atoms with Gasteiger partial charge in [-0.2, -0.15) is 26.3 Å². The second-order valence-corrected chi connectivity index (χ2v) is 11.3. The van der Waals surface area contributed by atoms with E-state index in [9.17, 15) is 41.0 Å². The lowest BCUT2D eigenvalue weighted by Crippen LogP contribution is -2.61. The molecule has 2 aromatic carbocycles. The van der Waals surface area contributed by atoms with E-state index in [4.69, 9.17) is 0 Å². The number of likely N-dealkylation sites (tertiary alicyclic amines) is 1. The summed E-state index contributed by atoms with van der Waals surface area (Å²) in [6.45, 7) is 7.63. The van der Waals surface area contributed by atoms with Gasteiger partial charge < -0.3 is 14.9 Å². The molecule has 1 heterocycles. The van der Waals surface area contributed by atoms with Crippen LogP contribution >= 0.6 is 0 Å². The number of anilines is 1. The largest absolute Gasteiger partial charge is 0.465 e. The van der Waals surface area contributed by atoms with Gasteiger partial charge in [-0.1, -0.05) is 50.6 Å². The molecule has 1 aliphatic rings. The lowest BCUT2D eigenvalue weighted by Gasteiger charge is -2.52. The molecule has 2 aromatic rings. The maximum Gasteiger partial charge on any atom is 0.416 e. The maximum absolute atomic E-state index is 13.6. The molecule has 0 radical (unpaired) electrons. The van der Waals surface area contributed by atoms with Crippen LogP contribution in [0.15, 0.2) is 42.5 Å². The highest BCUT2D eigenvalue weighted by molar-refractivity contribution is 5.92. The van der Waals surface area contributed by atoms with E-state index in [2.05, 4.69) is 0 Å². The molecular weight excluding hydrogens is 540 g/mol. The van der Waals surface area contributed by atoms with Crippen LogP contribution in [-0.4, -0.2) is 59.8 Å². The lowest BCUT2D eigenvalue weighted by molar-refractivity contribution is -0.143. The third-order valence-electron chi connectivity index (χ3n) is 7.40. The predicted molar refractivity (Wildman–Crippen MR) is 138 cm³/mol. The standard InChI is InChI=1S/C28H33F6N3O3/c1-16-7-9-17(10-8-16)22-21(11-12-37(25(39)40)23(22)26(2,3)4)36(6)24(38)35(5)20-14-18(27(29,30)31)13-19(15-20)28(32,33)34/h7-10,13-15,21-23H,11-12H2,1-6H3,(H,39,40)/t21-,22-,23?/m1/s1.